The van der Waals surface area contributed by atoms with Crippen molar-refractivity contribution in [1.29, 1.82) is 0 Å². The van der Waals surface area contributed by atoms with Gasteiger partial charge in [0.1, 0.15) is 5.69 Å². The predicted octanol–water partition coefficient (Wildman–Crippen LogP) is 2.35. The number of nitrogens with zero attached hydrogens (tertiary/aromatic N) is 3. The molecule has 1 atom stereocenters. The normalized spacial score (nSPS) is 12.7. The summed E-state index contributed by atoms with van der Waals surface area (Å²) in [6.45, 7) is 6.27. The first-order chi connectivity index (χ1) is 11.5. The molecular formula is C17H21N5O2. The van der Waals surface area contributed by atoms with Gasteiger partial charge < -0.3 is 15.5 Å². The van der Waals surface area contributed by atoms with Gasteiger partial charge in [-0.2, -0.15) is 5.10 Å². The summed E-state index contributed by atoms with van der Waals surface area (Å²) in [6.07, 6.45) is 3.26. The van der Waals surface area contributed by atoms with E-state index in [4.69, 9.17) is 10.2 Å². The maximum absolute atomic E-state index is 12.7. The number of carbonyl (C=O) groups is 1. The van der Waals surface area contributed by atoms with Gasteiger partial charge in [0, 0.05) is 18.6 Å². The van der Waals surface area contributed by atoms with Crippen molar-refractivity contribution < 1.29 is 9.21 Å². The fraction of sp³-hybridized carbons (Fsp3) is 0.353. The van der Waals surface area contributed by atoms with E-state index in [-0.39, 0.29) is 18.0 Å². The lowest BCUT2D eigenvalue weighted by atomic mass is 10.1. The third-order valence-electron chi connectivity index (χ3n) is 3.81. The first-order valence-electron chi connectivity index (χ1n) is 7.94. The van der Waals surface area contributed by atoms with Gasteiger partial charge in [0.05, 0.1) is 23.4 Å². The third kappa shape index (κ3) is 2.90. The summed E-state index contributed by atoms with van der Waals surface area (Å²) in [5, 5.41) is 7.98. The van der Waals surface area contributed by atoms with Crippen molar-refractivity contribution in [3.8, 4) is 11.5 Å². The number of rotatable bonds is 5. The van der Waals surface area contributed by atoms with Crippen LogP contribution in [0.4, 0.5) is 0 Å². The van der Waals surface area contributed by atoms with Gasteiger partial charge in [0.15, 0.2) is 11.4 Å². The van der Waals surface area contributed by atoms with Crippen LogP contribution in [0.5, 0.6) is 0 Å². The molecule has 3 N–H and O–H groups in total. The lowest BCUT2D eigenvalue weighted by molar-refractivity contribution is 0.0943. The molecule has 3 aromatic heterocycles. The number of nitrogens with two attached hydrogens (primary N) is 1. The number of furan rings is 1. The van der Waals surface area contributed by atoms with E-state index in [1.807, 2.05) is 26.8 Å². The van der Waals surface area contributed by atoms with Crippen molar-refractivity contribution in [2.45, 2.75) is 32.9 Å². The molecule has 0 spiro atoms. The highest BCUT2D eigenvalue weighted by molar-refractivity contribution is 6.06. The van der Waals surface area contributed by atoms with E-state index in [0.29, 0.717) is 34.6 Å². The Bertz CT molecular complexity index is 851. The van der Waals surface area contributed by atoms with E-state index in [9.17, 15) is 4.79 Å². The first-order valence-corrected chi connectivity index (χ1v) is 7.94. The monoisotopic (exact) mass is 327 g/mol. The Morgan fingerprint density at radius 3 is 2.83 bits per heavy atom. The van der Waals surface area contributed by atoms with Gasteiger partial charge in [0.2, 0.25) is 0 Å². The molecule has 7 nitrogen and oxygen atoms in total. The van der Waals surface area contributed by atoms with Gasteiger partial charge in [0.25, 0.3) is 5.91 Å². The average molecular weight is 327 g/mol. The van der Waals surface area contributed by atoms with E-state index >= 15 is 0 Å². The van der Waals surface area contributed by atoms with E-state index in [2.05, 4.69) is 15.4 Å². The smallest absolute Gasteiger partial charge is 0.252 e. The maximum atomic E-state index is 12.7. The standard InChI is InChI=1S/C17H21N5O2/c1-10(2)22-16-13(9-19-22)12(17(23)20-11(3)8-18)7-14(21-16)15-5-4-6-24-15/h4-7,9-11H,8,18H2,1-3H3,(H,20,23)/t11-/m0/s1. The van der Waals surface area contributed by atoms with E-state index in [1.165, 1.54) is 0 Å². The number of amides is 1. The molecule has 24 heavy (non-hydrogen) atoms. The third-order valence-corrected chi connectivity index (χ3v) is 3.81. The van der Waals surface area contributed by atoms with Crippen LogP contribution >= 0.6 is 0 Å². The molecule has 7 heteroatoms. The zero-order valence-corrected chi connectivity index (χ0v) is 14.0. The number of carbonyl (C=O) groups excluding carboxylic acids is 1. The van der Waals surface area contributed by atoms with E-state index in [0.717, 1.165) is 0 Å². The Balaban J connectivity index is 2.17. The van der Waals surface area contributed by atoms with Crippen LogP contribution in [0.1, 0.15) is 37.2 Å². The van der Waals surface area contributed by atoms with Gasteiger partial charge in [-0.3, -0.25) is 4.79 Å². The van der Waals surface area contributed by atoms with Gasteiger partial charge in [-0.1, -0.05) is 0 Å². The number of fused-ring (bicyclic) bond motifs is 1. The molecule has 0 saturated carbocycles. The highest BCUT2D eigenvalue weighted by atomic mass is 16.3. The Morgan fingerprint density at radius 2 is 2.21 bits per heavy atom. The maximum Gasteiger partial charge on any atom is 0.252 e. The second kappa shape index (κ2) is 6.45. The van der Waals surface area contributed by atoms with Crippen LogP contribution in [0.2, 0.25) is 0 Å². The number of hydrogen-bond donors (Lipinski definition) is 2. The van der Waals surface area contributed by atoms with E-state index in [1.54, 1.807) is 29.3 Å². The molecule has 3 rings (SSSR count). The van der Waals surface area contributed by atoms with Gasteiger partial charge >= 0.3 is 0 Å². The van der Waals surface area contributed by atoms with Crippen LogP contribution in [-0.2, 0) is 0 Å². The SMILES string of the molecule is CC(C)n1ncc2c(C(=O)N[C@@H](C)CN)cc(-c3ccco3)nc21. The fourth-order valence-corrected chi connectivity index (χ4v) is 2.49. The minimum absolute atomic E-state index is 0.118. The van der Waals surface area contributed by atoms with Crippen molar-refractivity contribution in [2.24, 2.45) is 5.73 Å². The lowest BCUT2D eigenvalue weighted by Gasteiger charge is -2.13. The summed E-state index contributed by atoms with van der Waals surface area (Å²) in [4.78, 5) is 17.3. The number of aromatic nitrogens is 3. The second-order valence-electron chi connectivity index (χ2n) is 6.06. The van der Waals surface area contributed by atoms with Crippen molar-refractivity contribution in [3.05, 3.63) is 36.2 Å². The van der Waals surface area contributed by atoms with Crippen LogP contribution in [-0.4, -0.2) is 33.3 Å². The molecule has 0 radical (unpaired) electrons. The number of pyridine rings is 1. The summed E-state index contributed by atoms with van der Waals surface area (Å²) >= 11 is 0. The van der Waals surface area contributed by atoms with Crippen LogP contribution < -0.4 is 11.1 Å². The Labute approximate surface area is 139 Å². The van der Waals surface area contributed by atoms with Gasteiger partial charge in [-0.15, -0.1) is 0 Å². The molecule has 0 unspecified atom stereocenters. The summed E-state index contributed by atoms with van der Waals surface area (Å²) in [5.74, 6) is 0.408. The molecule has 0 saturated heterocycles. The predicted molar refractivity (Wildman–Crippen MR) is 91.6 cm³/mol. The molecule has 3 heterocycles. The van der Waals surface area contributed by atoms with E-state index < -0.39 is 0 Å². The molecule has 3 aromatic rings. The minimum Gasteiger partial charge on any atom is -0.463 e. The minimum atomic E-state index is -0.198. The van der Waals surface area contributed by atoms with Crippen molar-refractivity contribution in [1.82, 2.24) is 20.1 Å². The van der Waals surface area contributed by atoms with Crippen LogP contribution in [0.15, 0.2) is 35.1 Å². The topological polar surface area (TPSA) is 99.0 Å². The second-order valence-corrected chi connectivity index (χ2v) is 6.06. The molecule has 0 aliphatic rings. The Morgan fingerprint density at radius 1 is 1.42 bits per heavy atom. The highest BCUT2D eigenvalue weighted by Gasteiger charge is 2.20. The average Bonchev–Trinajstić information content (AvgIpc) is 3.22. The van der Waals surface area contributed by atoms with Gasteiger partial charge in [-0.05, 0) is 39.0 Å². The number of hydrogen-bond acceptors (Lipinski definition) is 5. The zero-order valence-electron chi connectivity index (χ0n) is 14.0. The van der Waals surface area contributed by atoms with Crippen LogP contribution in [0.25, 0.3) is 22.5 Å². The number of nitrogens with one attached hydrogen (secondary N) is 1. The summed E-state index contributed by atoms with van der Waals surface area (Å²) in [5.41, 5.74) is 7.37. The van der Waals surface area contributed by atoms with Crippen LogP contribution in [0.3, 0.4) is 0 Å². The summed E-state index contributed by atoms with van der Waals surface area (Å²) in [6, 6.07) is 5.34. The molecule has 0 bridgehead atoms. The van der Waals surface area contributed by atoms with Crippen LogP contribution in [0, 0.1) is 0 Å². The first kappa shape index (κ1) is 16.2. The lowest BCUT2D eigenvalue weighted by Crippen LogP contribution is -2.37. The molecule has 1 amide bonds. The summed E-state index contributed by atoms with van der Waals surface area (Å²) in [7, 11) is 0. The van der Waals surface area contributed by atoms with Crippen molar-refractivity contribution >= 4 is 16.9 Å². The Kier molecular flexibility index (Phi) is 4.35. The molecule has 0 aliphatic heterocycles. The van der Waals surface area contributed by atoms with Crippen molar-refractivity contribution in [3.63, 3.8) is 0 Å². The highest BCUT2D eigenvalue weighted by Crippen LogP contribution is 2.26. The molecule has 0 aliphatic carbocycles. The quantitative estimate of drug-likeness (QED) is 0.749. The van der Waals surface area contributed by atoms with Crippen molar-refractivity contribution in [2.75, 3.05) is 6.54 Å². The largest absolute Gasteiger partial charge is 0.463 e. The molecule has 126 valence electrons. The Hall–Kier alpha value is -2.67. The zero-order chi connectivity index (χ0) is 17.3. The van der Waals surface area contributed by atoms with Gasteiger partial charge in [-0.25, -0.2) is 9.67 Å². The molecular weight excluding hydrogens is 306 g/mol. The summed E-state index contributed by atoms with van der Waals surface area (Å²) < 4.78 is 7.24. The molecule has 0 fully saturated rings. The molecule has 0 aromatic carbocycles. The fourth-order valence-electron chi connectivity index (χ4n) is 2.49.